The average molecular weight is 254 g/mol. The molecule has 0 saturated carbocycles. The Labute approximate surface area is 68.6 Å². The number of aromatic nitrogens is 2. The van der Waals surface area contributed by atoms with Crippen LogP contribution in [0.3, 0.4) is 0 Å². The minimum absolute atomic E-state index is 0.471. The lowest BCUT2D eigenvalue weighted by molar-refractivity contribution is 0.111. The maximum atomic E-state index is 10.0. The van der Waals surface area contributed by atoms with Crippen molar-refractivity contribution in [3.63, 3.8) is 0 Å². The van der Waals surface area contributed by atoms with Gasteiger partial charge < -0.3 is 0 Å². The fraction of sp³-hybridized carbons (Fsp3) is 0. The molecule has 0 saturated heterocycles. The van der Waals surface area contributed by atoms with E-state index >= 15 is 0 Å². The molecule has 5 heteroatoms. The normalized spacial score (nSPS) is 9.44. The summed E-state index contributed by atoms with van der Waals surface area (Å²) in [6, 6.07) is 0. The van der Waals surface area contributed by atoms with Gasteiger partial charge in [0, 0.05) is 36.5 Å². The molecule has 9 heavy (non-hydrogen) atoms. The van der Waals surface area contributed by atoms with E-state index in [1.165, 1.54) is 9.12 Å². The second kappa shape index (κ2) is 3.21. The van der Waals surface area contributed by atoms with Crippen molar-refractivity contribution in [3.05, 3.63) is 18.2 Å². The average Bonchev–Trinajstić information content (AvgIpc) is 2.34. The maximum Gasteiger partial charge on any atom is 0.170 e. The van der Waals surface area contributed by atoms with Gasteiger partial charge in [0.05, 0.1) is 0 Å². The number of nitrogens with zero attached hydrogens (tertiary/aromatic N) is 2. The lowest BCUT2D eigenvalue weighted by Gasteiger charge is -1.84. The van der Waals surface area contributed by atoms with E-state index in [1.54, 1.807) is 16.5 Å². The van der Waals surface area contributed by atoms with Gasteiger partial charge in [-0.15, -0.1) is 0 Å². The second-order valence-electron chi connectivity index (χ2n) is 1.35. The molecule has 0 aliphatic rings. The van der Waals surface area contributed by atoms with Crippen molar-refractivity contribution in [2.75, 3.05) is 0 Å². The number of carbonyl (C=O) groups excluding carboxylic acids is 1. The minimum Gasteiger partial charge on any atom is -0.296 e. The fourth-order valence-electron chi connectivity index (χ4n) is 0.419. The summed E-state index contributed by atoms with van der Waals surface area (Å²) in [6.07, 6.45) is 3.99. The van der Waals surface area contributed by atoms with Crippen LogP contribution in [0.15, 0.2) is 12.5 Å². The van der Waals surface area contributed by atoms with Gasteiger partial charge in [-0.2, -0.15) is 0 Å². The molecule has 1 aromatic heterocycles. The molecule has 0 fully saturated rings. The Morgan fingerprint density at radius 2 is 2.67 bits per heavy atom. The van der Waals surface area contributed by atoms with E-state index in [4.69, 9.17) is 0 Å². The molecule has 0 aliphatic heterocycles. The number of imidazole rings is 1. The first-order chi connectivity index (χ1) is 4.36. The van der Waals surface area contributed by atoms with Crippen molar-refractivity contribution in [1.29, 1.82) is 0 Å². The molecular formula is C4H3IN2OS. The van der Waals surface area contributed by atoms with E-state index < -0.39 is 0 Å². The summed E-state index contributed by atoms with van der Waals surface area (Å²) in [4.78, 5) is 13.8. The molecule has 0 aromatic carbocycles. The van der Waals surface area contributed by atoms with Crippen molar-refractivity contribution in [2.45, 2.75) is 0 Å². The molecule has 0 bridgehead atoms. The molecule has 0 aliphatic carbocycles. The number of carbonyl (C=O) groups is 1. The Bertz CT molecular complexity index is 212. The highest BCUT2D eigenvalue weighted by Gasteiger charge is 1.93. The second-order valence-corrected chi connectivity index (χ2v) is 3.09. The van der Waals surface area contributed by atoms with E-state index in [0.717, 1.165) is 6.29 Å². The summed E-state index contributed by atoms with van der Waals surface area (Å²) in [5, 5.41) is 0. The van der Waals surface area contributed by atoms with Gasteiger partial charge in [0.1, 0.15) is 12.0 Å². The van der Waals surface area contributed by atoms with Crippen molar-refractivity contribution < 1.29 is 4.79 Å². The molecule has 0 amide bonds. The topological polar surface area (TPSA) is 34.9 Å². The van der Waals surface area contributed by atoms with Gasteiger partial charge >= 0.3 is 0 Å². The highest BCUT2D eigenvalue weighted by atomic mass is 127. The van der Waals surface area contributed by atoms with Gasteiger partial charge in [0.15, 0.2) is 6.29 Å². The van der Waals surface area contributed by atoms with Crippen LogP contribution < -0.4 is 0 Å². The van der Waals surface area contributed by atoms with Crippen LogP contribution in [0.2, 0.25) is 0 Å². The van der Waals surface area contributed by atoms with Crippen LogP contribution in [-0.2, 0) is 0 Å². The van der Waals surface area contributed by atoms with E-state index in [9.17, 15) is 4.79 Å². The standard InChI is InChI=1S/C4H3IN2OS/c5-9-7-1-4(2-8)6-3-7/h1-3H. The Kier molecular flexibility index (Phi) is 2.52. The zero-order valence-electron chi connectivity index (χ0n) is 4.32. The Morgan fingerprint density at radius 3 is 3.00 bits per heavy atom. The van der Waals surface area contributed by atoms with Crippen LogP contribution in [0, 0.1) is 0 Å². The monoisotopic (exact) mass is 254 g/mol. The number of hydrogen-bond donors (Lipinski definition) is 0. The first kappa shape index (κ1) is 7.07. The summed E-state index contributed by atoms with van der Waals surface area (Å²) in [5.74, 6) is 0. The molecule has 48 valence electrons. The molecule has 0 unspecified atom stereocenters. The third kappa shape index (κ3) is 1.68. The zero-order valence-corrected chi connectivity index (χ0v) is 7.29. The SMILES string of the molecule is O=Cc1cn(SI)cn1. The van der Waals surface area contributed by atoms with Gasteiger partial charge in [0.2, 0.25) is 0 Å². The summed E-state index contributed by atoms with van der Waals surface area (Å²) >= 11 is 2.11. The van der Waals surface area contributed by atoms with Gasteiger partial charge in [0.25, 0.3) is 0 Å². The van der Waals surface area contributed by atoms with Crippen LogP contribution in [0.5, 0.6) is 0 Å². The maximum absolute atomic E-state index is 10.0. The van der Waals surface area contributed by atoms with Gasteiger partial charge in [-0.05, 0) is 0 Å². The Hall–Kier alpha value is -0.0400. The first-order valence-corrected chi connectivity index (χ1v) is 5.46. The Balaban J connectivity index is 2.86. The van der Waals surface area contributed by atoms with Crippen LogP contribution in [0.1, 0.15) is 10.5 Å². The number of aldehydes is 1. The minimum atomic E-state index is 0.471. The molecule has 1 rings (SSSR count). The fourth-order valence-corrected chi connectivity index (χ4v) is 1.30. The number of rotatable bonds is 2. The molecule has 0 radical (unpaired) electrons. The van der Waals surface area contributed by atoms with E-state index in [0.29, 0.717) is 5.69 Å². The molecular weight excluding hydrogens is 251 g/mol. The van der Waals surface area contributed by atoms with Gasteiger partial charge in [-0.3, -0.25) is 8.77 Å². The van der Waals surface area contributed by atoms with Crippen molar-refractivity contribution in [2.24, 2.45) is 0 Å². The molecule has 0 spiro atoms. The Morgan fingerprint density at radius 1 is 1.89 bits per heavy atom. The molecule has 1 aromatic rings. The number of hydrogen-bond acceptors (Lipinski definition) is 3. The molecule has 0 N–H and O–H groups in total. The zero-order chi connectivity index (χ0) is 6.69. The van der Waals surface area contributed by atoms with E-state index in [1.807, 2.05) is 0 Å². The summed E-state index contributed by atoms with van der Waals surface area (Å²) in [7, 11) is 1.47. The van der Waals surface area contributed by atoms with Crippen LogP contribution >= 0.6 is 30.3 Å². The lowest BCUT2D eigenvalue weighted by Crippen LogP contribution is -1.74. The highest BCUT2D eigenvalue weighted by molar-refractivity contribution is 14.2. The molecule has 1 heterocycles. The third-order valence-electron chi connectivity index (χ3n) is 0.781. The van der Waals surface area contributed by atoms with Crippen molar-refractivity contribution >= 4 is 36.6 Å². The summed E-state index contributed by atoms with van der Waals surface area (Å²) < 4.78 is 1.75. The highest BCUT2D eigenvalue weighted by Crippen LogP contribution is 2.13. The smallest absolute Gasteiger partial charge is 0.170 e. The molecule has 3 nitrogen and oxygen atoms in total. The van der Waals surface area contributed by atoms with Gasteiger partial charge in [-0.25, -0.2) is 4.98 Å². The predicted octanol–water partition coefficient (Wildman–Crippen LogP) is 1.54. The lowest BCUT2D eigenvalue weighted by atomic mass is 10.6. The quantitative estimate of drug-likeness (QED) is 0.593. The summed E-state index contributed by atoms with van der Waals surface area (Å²) in [5.41, 5.74) is 0.471. The van der Waals surface area contributed by atoms with E-state index in [2.05, 4.69) is 26.2 Å². The van der Waals surface area contributed by atoms with Crippen molar-refractivity contribution in [3.8, 4) is 0 Å². The molecule has 0 atom stereocenters. The van der Waals surface area contributed by atoms with Gasteiger partial charge in [-0.1, -0.05) is 0 Å². The predicted molar refractivity (Wildman–Crippen MR) is 44.6 cm³/mol. The van der Waals surface area contributed by atoms with Crippen molar-refractivity contribution in [1.82, 2.24) is 8.96 Å². The first-order valence-electron chi connectivity index (χ1n) is 2.15. The van der Waals surface area contributed by atoms with Crippen LogP contribution in [0.4, 0.5) is 0 Å². The van der Waals surface area contributed by atoms with Crippen LogP contribution in [0.25, 0.3) is 0 Å². The van der Waals surface area contributed by atoms with Crippen LogP contribution in [-0.4, -0.2) is 15.2 Å². The largest absolute Gasteiger partial charge is 0.296 e. The van der Waals surface area contributed by atoms with E-state index in [-0.39, 0.29) is 0 Å². The third-order valence-corrected chi connectivity index (χ3v) is 2.50. The summed E-state index contributed by atoms with van der Waals surface area (Å²) in [6.45, 7) is 0. The number of halogens is 1.